The molecule has 2 aliphatic rings. The lowest BCUT2D eigenvalue weighted by molar-refractivity contribution is -0.137. The van der Waals surface area contributed by atoms with Crippen LogP contribution in [0.4, 0.5) is 30.2 Å². The second kappa shape index (κ2) is 11.9. The summed E-state index contributed by atoms with van der Waals surface area (Å²) in [4.78, 5) is 32.3. The van der Waals surface area contributed by atoms with Crippen LogP contribution in [0.3, 0.4) is 0 Å². The fourth-order valence-corrected chi connectivity index (χ4v) is 5.72. The van der Waals surface area contributed by atoms with Gasteiger partial charge in [0.05, 0.1) is 12.2 Å². The van der Waals surface area contributed by atoms with Crippen molar-refractivity contribution in [2.24, 2.45) is 0 Å². The maximum atomic E-state index is 13.5. The van der Waals surface area contributed by atoms with E-state index >= 15 is 0 Å². The molecule has 1 atom stereocenters. The number of alkyl halides is 3. The van der Waals surface area contributed by atoms with E-state index in [1.54, 1.807) is 40.1 Å². The first-order valence-corrected chi connectivity index (χ1v) is 14.5. The Morgan fingerprint density at radius 2 is 1.59 bits per heavy atom. The van der Waals surface area contributed by atoms with Gasteiger partial charge in [0, 0.05) is 59.9 Å². The quantitative estimate of drug-likeness (QED) is 0.252. The largest absolute Gasteiger partial charge is 0.494 e. The second-order valence-electron chi connectivity index (χ2n) is 10.6. The van der Waals surface area contributed by atoms with E-state index in [4.69, 9.17) is 4.74 Å². The number of amides is 2. The van der Waals surface area contributed by atoms with Gasteiger partial charge in [-0.05, 0) is 73.7 Å². The van der Waals surface area contributed by atoms with Gasteiger partial charge in [0.2, 0.25) is 0 Å². The number of halogens is 3. The van der Waals surface area contributed by atoms with Crippen molar-refractivity contribution in [2.45, 2.75) is 19.3 Å². The van der Waals surface area contributed by atoms with Gasteiger partial charge in [0.25, 0.3) is 11.8 Å². The summed E-state index contributed by atoms with van der Waals surface area (Å²) < 4.78 is 45.1. The first-order valence-electron chi connectivity index (χ1n) is 14.5. The first-order chi connectivity index (χ1) is 21.2. The van der Waals surface area contributed by atoms with Gasteiger partial charge in [0.1, 0.15) is 11.9 Å². The Morgan fingerprint density at radius 1 is 0.864 bits per heavy atom. The zero-order valence-corrected chi connectivity index (χ0v) is 24.1. The van der Waals surface area contributed by atoms with E-state index < -0.39 is 17.9 Å². The third-order valence-corrected chi connectivity index (χ3v) is 7.91. The number of piperazine rings is 1. The lowest BCUT2D eigenvalue weighted by atomic mass is 10.1. The number of carbonyl (C=O) groups is 2. The van der Waals surface area contributed by atoms with Gasteiger partial charge in [-0.1, -0.05) is 30.3 Å². The standard InChI is InChI=1S/C34H31F3N4O3/c1-2-44-28-15-13-26(14-16-28)41-31(29-11-3-4-12-30(29)33(41)43)38-25-9-5-7-23(21-25)32(42)40-19-17-39(18-20-40)27-10-6-8-24(22-27)34(35,36)37/h3-16,21-22,31,38H,2,17-20H2,1H3. The predicted octanol–water partition coefficient (Wildman–Crippen LogP) is 6.84. The minimum Gasteiger partial charge on any atom is -0.494 e. The van der Waals surface area contributed by atoms with Crippen molar-refractivity contribution < 1.29 is 27.5 Å². The highest BCUT2D eigenvalue weighted by atomic mass is 19.4. The van der Waals surface area contributed by atoms with Crippen molar-refractivity contribution in [3.8, 4) is 5.75 Å². The summed E-state index contributed by atoms with van der Waals surface area (Å²) in [5.74, 6) is 0.420. The second-order valence-corrected chi connectivity index (χ2v) is 10.6. The third-order valence-electron chi connectivity index (χ3n) is 7.91. The normalized spacial score (nSPS) is 16.6. The number of benzene rings is 4. The van der Waals surface area contributed by atoms with E-state index in [1.165, 1.54) is 6.07 Å². The van der Waals surface area contributed by atoms with Crippen molar-refractivity contribution in [3.63, 3.8) is 0 Å². The lowest BCUT2D eigenvalue weighted by Gasteiger charge is -2.36. The van der Waals surface area contributed by atoms with Gasteiger partial charge in [-0.2, -0.15) is 13.2 Å². The van der Waals surface area contributed by atoms with E-state index in [0.29, 0.717) is 66.7 Å². The molecule has 4 aromatic rings. The highest BCUT2D eigenvalue weighted by Crippen LogP contribution is 2.39. The van der Waals surface area contributed by atoms with Crippen molar-refractivity contribution in [1.82, 2.24) is 4.90 Å². The molecule has 10 heteroatoms. The molecule has 0 bridgehead atoms. The maximum Gasteiger partial charge on any atom is 0.416 e. The van der Waals surface area contributed by atoms with Crippen molar-refractivity contribution in [1.29, 1.82) is 0 Å². The Labute approximate surface area is 253 Å². The molecule has 44 heavy (non-hydrogen) atoms. The van der Waals surface area contributed by atoms with Crippen LogP contribution >= 0.6 is 0 Å². The molecule has 7 nitrogen and oxygen atoms in total. The van der Waals surface area contributed by atoms with Crippen LogP contribution in [0.15, 0.2) is 97.1 Å². The summed E-state index contributed by atoms with van der Waals surface area (Å²) in [6, 6.07) is 27.2. The monoisotopic (exact) mass is 600 g/mol. The van der Waals surface area contributed by atoms with Crippen LogP contribution in [0.25, 0.3) is 0 Å². The molecule has 4 aromatic carbocycles. The molecule has 226 valence electrons. The molecule has 1 fully saturated rings. The van der Waals surface area contributed by atoms with Crippen LogP contribution in [-0.4, -0.2) is 49.5 Å². The number of anilines is 3. The molecule has 2 amide bonds. The Hall–Kier alpha value is -4.99. The first kappa shape index (κ1) is 29.1. The Balaban J connectivity index is 1.18. The van der Waals surface area contributed by atoms with Crippen LogP contribution in [-0.2, 0) is 6.18 Å². The van der Waals surface area contributed by atoms with E-state index in [9.17, 15) is 22.8 Å². The predicted molar refractivity (Wildman–Crippen MR) is 163 cm³/mol. The van der Waals surface area contributed by atoms with E-state index in [1.807, 2.05) is 60.4 Å². The summed E-state index contributed by atoms with van der Waals surface area (Å²) >= 11 is 0. The van der Waals surface area contributed by atoms with Crippen molar-refractivity contribution in [3.05, 3.63) is 119 Å². The summed E-state index contributed by atoms with van der Waals surface area (Å²) in [7, 11) is 0. The fourth-order valence-electron chi connectivity index (χ4n) is 5.72. The van der Waals surface area contributed by atoms with E-state index in [0.717, 1.165) is 17.7 Å². The van der Waals surface area contributed by atoms with Crippen LogP contribution in [0.1, 0.15) is 44.9 Å². The molecule has 1 saturated heterocycles. The van der Waals surface area contributed by atoms with Crippen molar-refractivity contribution in [2.75, 3.05) is 47.9 Å². The van der Waals surface area contributed by atoms with Gasteiger partial charge >= 0.3 is 6.18 Å². The fraction of sp³-hybridized carbons (Fsp3) is 0.235. The smallest absolute Gasteiger partial charge is 0.416 e. The average Bonchev–Trinajstić information content (AvgIpc) is 3.32. The molecular formula is C34H31F3N4O3. The topological polar surface area (TPSA) is 65.1 Å². The summed E-state index contributed by atoms with van der Waals surface area (Å²) in [6.07, 6.45) is -4.91. The number of nitrogens with one attached hydrogen (secondary N) is 1. The molecule has 0 aliphatic carbocycles. The number of nitrogens with zero attached hydrogens (tertiary/aromatic N) is 3. The number of hydrogen-bond donors (Lipinski definition) is 1. The number of carbonyl (C=O) groups excluding carboxylic acids is 2. The van der Waals surface area contributed by atoms with Gasteiger partial charge in [0.15, 0.2) is 0 Å². The molecule has 1 N–H and O–H groups in total. The van der Waals surface area contributed by atoms with Gasteiger partial charge in [-0.3, -0.25) is 14.5 Å². The minimum atomic E-state index is -4.41. The molecule has 2 aliphatic heterocycles. The van der Waals surface area contributed by atoms with Crippen LogP contribution in [0.5, 0.6) is 5.75 Å². The molecule has 0 saturated carbocycles. The third kappa shape index (κ3) is 5.79. The SMILES string of the molecule is CCOc1ccc(N2C(=O)c3ccccc3C2Nc2cccc(C(=O)N3CCN(c4cccc(C(F)(F)F)c4)CC3)c2)cc1. The summed E-state index contributed by atoms with van der Waals surface area (Å²) in [6.45, 7) is 4.05. The number of ether oxygens (including phenoxy) is 1. The minimum absolute atomic E-state index is 0.131. The molecule has 0 spiro atoms. The number of fused-ring (bicyclic) bond motifs is 1. The molecule has 0 aromatic heterocycles. The van der Waals surface area contributed by atoms with Crippen LogP contribution < -0.4 is 19.9 Å². The zero-order chi connectivity index (χ0) is 30.8. The number of rotatable bonds is 7. The Kier molecular flexibility index (Phi) is 7.90. The highest BCUT2D eigenvalue weighted by molar-refractivity contribution is 6.11. The lowest BCUT2D eigenvalue weighted by Crippen LogP contribution is -2.48. The molecule has 0 radical (unpaired) electrons. The van der Waals surface area contributed by atoms with E-state index in [2.05, 4.69) is 5.32 Å². The van der Waals surface area contributed by atoms with Gasteiger partial charge in [-0.15, -0.1) is 0 Å². The Morgan fingerprint density at radius 3 is 2.32 bits per heavy atom. The number of hydrogen-bond acceptors (Lipinski definition) is 5. The van der Waals surface area contributed by atoms with Gasteiger partial charge in [-0.25, -0.2) is 0 Å². The molecule has 2 heterocycles. The summed E-state index contributed by atoms with van der Waals surface area (Å²) in [5, 5.41) is 3.46. The molecule has 1 unspecified atom stereocenters. The van der Waals surface area contributed by atoms with Crippen LogP contribution in [0.2, 0.25) is 0 Å². The molecular weight excluding hydrogens is 569 g/mol. The highest BCUT2D eigenvalue weighted by Gasteiger charge is 2.38. The van der Waals surface area contributed by atoms with Crippen LogP contribution in [0, 0.1) is 0 Å². The average molecular weight is 601 g/mol. The van der Waals surface area contributed by atoms with Gasteiger partial charge < -0.3 is 19.9 Å². The van der Waals surface area contributed by atoms with E-state index in [-0.39, 0.29) is 11.8 Å². The maximum absolute atomic E-state index is 13.5. The summed E-state index contributed by atoms with van der Waals surface area (Å²) in [5.41, 5.74) is 3.08. The zero-order valence-electron chi connectivity index (χ0n) is 24.1. The Bertz CT molecular complexity index is 1670. The molecule has 6 rings (SSSR count). The van der Waals surface area contributed by atoms with Crippen molar-refractivity contribution >= 4 is 28.9 Å².